The Labute approximate surface area is 121 Å². The van der Waals surface area contributed by atoms with Crippen LogP contribution in [0, 0.1) is 5.92 Å². The van der Waals surface area contributed by atoms with Gasteiger partial charge in [-0.2, -0.15) is 0 Å². The molecule has 0 saturated carbocycles. The summed E-state index contributed by atoms with van der Waals surface area (Å²) in [6, 6.07) is 7.91. The van der Waals surface area contributed by atoms with Gasteiger partial charge in [0.1, 0.15) is 5.75 Å². The van der Waals surface area contributed by atoms with Crippen LogP contribution in [0.4, 0.5) is 0 Å². The van der Waals surface area contributed by atoms with E-state index in [-0.39, 0.29) is 5.91 Å². The zero-order valence-corrected chi connectivity index (χ0v) is 12.7. The van der Waals surface area contributed by atoms with Gasteiger partial charge in [0, 0.05) is 6.54 Å². The summed E-state index contributed by atoms with van der Waals surface area (Å²) in [5, 5.41) is 6.07. The lowest BCUT2D eigenvalue weighted by molar-refractivity contribution is -0.120. The quantitative estimate of drug-likeness (QED) is 0.679. The molecule has 0 aliphatic heterocycles. The van der Waals surface area contributed by atoms with Crippen molar-refractivity contribution in [2.45, 2.75) is 26.7 Å². The number of hydrogen-bond acceptors (Lipinski definition) is 3. The van der Waals surface area contributed by atoms with Crippen molar-refractivity contribution in [1.82, 2.24) is 10.6 Å². The van der Waals surface area contributed by atoms with E-state index in [0.29, 0.717) is 19.0 Å². The van der Waals surface area contributed by atoms with Crippen molar-refractivity contribution >= 4 is 5.91 Å². The Morgan fingerprint density at radius 1 is 1.30 bits per heavy atom. The van der Waals surface area contributed by atoms with Gasteiger partial charge in [0.15, 0.2) is 0 Å². The summed E-state index contributed by atoms with van der Waals surface area (Å²) in [7, 11) is 1.66. The maximum Gasteiger partial charge on any atom is 0.233 e. The fourth-order valence-corrected chi connectivity index (χ4v) is 1.83. The number of ether oxygens (including phenoxy) is 1. The number of methoxy groups -OCH3 is 1. The predicted molar refractivity (Wildman–Crippen MR) is 82.0 cm³/mol. The highest BCUT2D eigenvalue weighted by atomic mass is 16.5. The molecule has 2 N–H and O–H groups in total. The summed E-state index contributed by atoms with van der Waals surface area (Å²) in [6.07, 6.45) is 1.91. The van der Waals surface area contributed by atoms with Crippen LogP contribution >= 0.6 is 0 Å². The van der Waals surface area contributed by atoms with E-state index in [1.807, 2.05) is 24.3 Å². The zero-order valence-electron chi connectivity index (χ0n) is 12.7. The molecular formula is C16H26N2O2. The number of benzene rings is 1. The molecule has 4 nitrogen and oxygen atoms in total. The van der Waals surface area contributed by atoms with Gasteiger partial charge in [-0.3, -0.25) is 4.79 Å². The first kappa shape index (κ1) is 16.5. The highest BCUT2D eigenvalue weighted by molar-refractivity contribution is 5.77. The van der Waals surface area contributed by atoms with Crippen molar-refractivity contribution in [3.63, 3.8) is 0 Å². The van der Waals surface area contributed by atoms with Crippen LogP contribution in [0.15, 0.2) is 24.3 Å². The smallest absolute Gasteiger partial charge is 0.233 e. The van der Waals surface area contributed by atoms with Gasteiger partial charge in [-0.25, -0.2) is 0 Å². The molecule has 0 aliphatic rings. The molecular weight excluding hydrogens is 252 g/mol. The summed E-state index contributed by atoms with van der Waals surface area (Å²) >= 11 is 0. The molecule has 0 atom stereocenters. The second-order valence-electron chi connectivity index (χ2n) is 5.31. The minimum Gasteiger partial charge on any atom is -0.497 e. The van der Waals surface area contributed by atoms with Crippen molar-refractivity contribution in [1.29, 1.82) is 0 Å². The first-order chi connectivity index (χ1) is 9.61. The van der Waals surface area contributed by atoms with Crippen molar-refractivity contribution in [2.24, 2.45) is 5.92 Å². The molecule has 1 rings (SSSR count). The van der Waals surface area contributed by atoms with Gasteiger partial charge in [-0.05, 0) is 43.0 Å². The highest BCUT2D eigenvalue weighted by Crippen LogP contribution is 2.12. The molecule has 1 amide bonds. The third kappa shape index (κ3) is 7.14. The topological polar surface area (TPSA) is 50.4 Å². The van der Waals surface area contributed by atoms with Crippen LogP contribution in [0.5, 0.6) is 5.75 Å². The van der Waals surface area contributed by atoms with E-state index in [1.165, 1.54) is 0 Å². The Hall–Kier alpha value is -1.55. The maximum atomic E-state index is 11.6. The van der Waals surface area contributed by atoms with Gasteiger partial charge in [-0.1, -0.05) is 26.0 Å². The molecule has 0 unspecified atom stereocenters. The maximum absolute atomic E-state index is 11.6. The van der Waals surface area contributed by atoms with Gasteiger partial charge in [-0.15, -0.1) is 0 Å². The Morgan fingerprint density at radius 3 is 2.80 bits per heavy atom. The van der Waals surface area contributed by atoms with Crippen LogP contribution in [0.2, 0.25) is 0 Å². The number of rotatable bonds is 9. The van der Waals surface area contributed by atoms with Crippen molar-refractivity contribution in [2.75, 3.05) is 26.7 Å². The van der Waals surface area contributed by atoms with Gasteiger partial charge < -0.3 is 15.4 Å². The summed E-state index contributed by atoms with van der Waals surface area (Å²) < 4.78 is 5.17. The molecule has 112 valence electrons. The fourth-order valence-electron chi connectivity index (χ4n) is 1.83. The molecule has 1 aromatic carbocycles. The number of hydrogen-bond donors (Lipinski definition) is 2. The van der Waals surface area contributed by atoms with Gasteiger partial charge in [0.05, 0.1) is 13.7 Å². The molecule has 0 heterocycles. The number of amides is 1. The summed E-state index contributed by atoms with van der Waals surface area (Å²) in [6.45, 7) is 6.29. The van der Waals surface area contributed by atoms with E-state index in [2.05, 4.69) is 24.5 Å². The highest BCUT2D eigenvalue weighted by Gasteiger charge is 2.01. The summed E-state index contributed by atoms with van der Waals surface area (Å²) in [5.74, 6) is 1.57. The molecule has 0 radical (unpaired) electrons. The predicted octanol–water partition coefficient (Wildman–Crippen LogP) is 1.99. The van der Waals surface area contributed by atoms with Gasteiger partial charge in [0.2, 0.25) is 5.91 Å². The van der Waals surface area contributed by atoms with Crippen LogP contribution < -0.4 is 15.4 Å². The largest absolute Gasteiger partial charge is 0.497 e. The minimum absolute atomic E-state index is 0.0525. The lowest BCUT2D eigenvalue weighted by atomic mass is 10.1. The van der Waals surface area contributed by atoms with E-state index in [0.717, 1.165) is 30.7 Å². The third-order valence-electron chi connectivity index (χ3n) is 3.05. The normalized spacial score (nSPS) is 10.6. The minimum atomic E-state index is 0.0525. The second-order valence-corrected chi connectivity index (χ2v) is 5.31. The van der Waals surface area contributed by atoms with E-state index in [9.17, 15) is 4.79 Å². The Bertz CT molecular complexity index is 405. The number of nitrogens with one attached hydrogen (secondary N) is 2. The van der Waals surface area contributed by atoms with Crippen molar-refractivity contribution < 1.29 is 9.53 Å². The summed E-state index contributed by atoms with van der Waals surface area (Å²) in [4.78, 5) is 11.6. The van der Waals surface area contributed by atoms with Crippen molar-refractivity contribution in [3.05, 3.63) is 29.8 Å². The molecule has 0 bridgehead atoms. The average Bonchev–Trinajstić information content (AvgIpc) is 2.43. The SMILES string of the molecule is COc1cccc(CCNC(=O)CNCCC(C)C)c1. The number of carbonyl (C=O) groups excluding carboxylic acids is 1. The summed E-state index contributed by atoms with van der Waals surface area (Å²) in [5.41, 5.74) is 1.16. The zero-order chi connectivity index (χ0) is 14.8. The number of carbonyl (C=O) groups is 1. The Kier molecular flexibility index (Phi) is 7.73. The standard InChI is InChI=1S/C16H26N2O2/c1-13(2)7-9-17-12-16(19)18-10-8-14-5-4-6-15(11-14)20-3/h4-6,11,13,17H,7-10,12H2,1-3H3,(H,18,19). The molecule has 0 aliphatic carbocycles. The third-order valence-corrected chi connectivity index (χ3v) is 3.05. The lowest BCUT2D eigenvalue weighted by Crippen LogP contribution is -2.35. The van der Waals surface area contributed by atoms with Crippen molar-refractivity contribution in [3.8, 4) is 5.75 Å². The fraction of sp³-hybridized carbons (Fsp3) is 0.562. The van der Waals surface area contributed by atoms with Crippen LogP contribution in [0.25, 0.3) is 0 Å². The Morgan fingerprint density at radius 2 is 2.10 bits per heavy atom. The van der Waals surface area contributed by atoms with Crippen LogP contribution in [-0.2, 0) is 11.2 Å². The van der Waals surface area contributed by atoms with E-state index in [1.54, 1.807) is 7.11 Å². The Balaban J connectivity index is 2.15. The first-order valence-electron chi connectivity index (χ1n) is 7.22. The second kappa shape index (κ2) is 9.37. The molecule has 4 heteroatoms. The van der Waals surface area contributed by atoms with Gasteiger partial charge >= 0.3 is 0 Å². The first-order valence-corrected chi connectivity index (χ1v) is 7.22. The van der Waals surface area contributed by atoms with Gasteiger partial charge in [0.25, 0.3) is 0 Å². The van der Waals surface area contributed by atoms with E-state index >= 15 is 0 Å². The molecule has 20 heavy (non-hydrogen) atoms. The van der Waals surface area contributed by atoms with E-state index in [4.69, 9.17) is 4.74 Å². The molecule has 0 spiro atoms. The molecule has 0 saturated heterocycles. The van der Waals surface area contributed by atoms with Crippen LogP contribution in [-0.4, -0.2) is 32.7 Å². The van der Waals surface area contributed by atoms with Crippen LogP contribution in [0.1, 0.15) is 25.8 Å². The van der Waals surface area contributed by atoms with Crippen LogP contribution in [0.3, 0.4) is 0 Å². The lowest BCUT2D eigenvalue weighted by Gasteiger charge is -2.08. The monoisotopic (exact) mass is 278 g/mol. The van der Waals surface area contributed by atoms with E-state index < -0.39 is 0 Å². The average molecular weight is 278 g/mol. The molecule has 0 aromatic heterocycles. The molecule has 0 fully saturated rings. The molecule has 1 aromatic rings.